The first-order valence-electron chi connectivity index (χ1n) is 7.49. The molecule has 1 aromatic carbocycles. The Morgan fingerprint density at radius 1 is 1.26 bits per heavy atom. The van der Waals surface area contributed by atoms with Gasteiger partial charge in [0.05, 0.1) is 10.4 Å². The van der Waals surface area contributed by atoms with Crippen LogP contribution in [-0.2, 0) is 6.42 Å². The molecule has 0 atom stereocenters. The van der Waals surface area contributed by atoms with Gasteiger partial charge in [0.15, 0.2) is 0 Å². The number of thiophene rings is 1. The Bertz CT molecular complexity index is 911. The van der Waals surface area contributed by atoms with Gasteiger partial charge in [0.1, 0.15) is 0 Å². The fourth-order valence-corrected chi connectivity index (χ4v) is 3.36. The fraction of sp³-hybridized carbons (Fsp3) is 0.222. The highest BCUT2D eigenvalue weighted by Gasteiger charge is 2.08. The van der Waals surface area contributed by atoms with Gasteiger partial charge in [-0.25, -0.2) is 0 Å². The van der Waals surface area contributed by atoms with E-state index in [9.17, 15) is 9.59 Å². The minimum absolute atomic E-state index is 0.0881. The van der Waals surface area contributed by atoms with Crippen LogP contribution in [0.5, 0.6) is 0 Å². The third kappa shape index (κ3) is 3.35. The number of hydrogen-bond donors (Lipinski definition) is 2. The molecule has 2 aromatic heterocycles. The van der Waals surface area contributed by atoms with Crippen LogP contribution in [-0.4, -0.2) is 17.4 Å². The van der Waals surface area contributed by atoms with Crippen molar-refractivity contribution in [3.8, 4) is 0 Å². The van der Waals surface area contributed by atoms with E-state index in [1.54, 1.807) is 6.07 Å². The van der Waals surface area contributed by atoms with Crippen molar-refractivity contribution >= 4 is 28.1 Å². The second-order valence-corrected chi connectivity index (χ2v) is 6.60. The van der Waals surface area contributed by atoms with E-state index in [0.29, 0.717) is 23.4 Å². The van der Waals surface area contributed by atoms with E-state index in [0.717, 1.165) is 16.5 Å². The van der Waals surface area contributed by atoms with E-state index in [2.05, 4.69) is 22.4 Å². The zero-order chi connectivity index (χ0) is 16.4. The average molecular weight is 326 g/mol. The number of carbonyl (C=O) groups excluding carboxylic acids is 1. The molecule has 2 heterocycles. The number of benzene rings is 1. The summed E-state index contributed by atoms with van der Waals surface area (Å²) in [5.41, 5.74) is 3.71. The van der Waals surface area contributed by atoms with Gasteiger partial charge >= 0.3 is 0 Å². The van der Waals surface area contributed by atoms with Crippen LogP contribution >= 0.6 is 11.3 Å². The van der Waals surface area contributed by atoms with Gasteiger partial charge in [-0.1, -0.05) is 17.7 Å². The molecule has 0 fully saturated rings. The van der Waals surface area contributed by atoms with Gasteiger partial charge < -0.3 is 10.3 Å². The van der Waals surface area contributed by atoms with Crippen molar-refractivity contribution < 1.29 is 4.79 Å². The molecule has 23 heavy (non-hydrogen) atoms. The number of amides is 1. The maximum Gasteiger partial charge on any atom is 0.261 e. The molecule has 0 unspecified atom stereocenters. The summed E-state index contributed by atoms with van der Waals surface area (Å²) < 4.78 is 0. The number of pyridine rings is 1. The van der Waals surface area contributed by atoms with Crippen molar-refractivity contribution in [2.45, 2.75) is 20.3 Å². The van der Waals surface area contributed by atoms with Crippen molar-refractivity contribution in [3.05, 3.63) is 67.6 Å². The second-order valence-electron chi connectivity index (χ2n) is 5.65. The van der Waals surface area contributed by atoms with Crippen molar-refractivity contribution in [1.82, 2.24) is 10.3 Å². The summed E-state index contributed by atoms with van der Waals surface area (Å²) in [6, 6.07) is 9.67. The molecule has 5 heteroatoms. The molecule has 118 valence electrons. The minimum Gasteiger partial charge on any atom is -0.351 e. The molecule has 4 nitrogen and oxygen atoms in total. The van der Waals surface area contributed by atoms with Gasteiger partial charge in [-0.3, -0.25) is 9.59 Å². The van der Waals surface area contributed by atoms with Crippen molar-refractivity contribution in [3.63, 3.8) is 0 Å². The minimum atomic E-state index is -0.0936. The predicted octanol–water partition coefficient (Wildman–Crippen LogP) is 3.18. The van der Waals surface area contributed by atoms with Crippen molar-refractivity contribution in [2.75, 3.05) is 6.54 Å². The number of hydrogen-bond acceptors (Lipinski definition) is 3. The normalized spacial score (nSPS) is 10.9. The molecule has 0 radical (unpaired) electrons. The summed E-state index contributed by atoms with van der Waals surface area (Å²) in [5, 5.41) is 5.75. The van der Waals surface area contributed by atoms with Gasteiger partial charge in [-0.2, -0.15) is 0 Å². The zero-order valence-corrected chi connectivity index (χ0v) is 13.9. The molecule has 0 aliphatic rings. The Morgan fingerprint density at radius 2 is 2.09 bits per heavy atom. The molecule has 0 spiro atoms. The number of nitrogens with one attached hydrogen (secondary N) is 2. The smallest absolute Gasteiger partial charge is 0.261 e. The van der Waals surface area contributed by atoms with Crippen LogP contribution in [0.4, 0.5) is 0 Å². The second kappa shape index (κ2) is 6.38. The van der Waals surface area contributed by atoms with E-state index in [-0.39, 0.29) is 11.5 Å². The lowest BCUT2D eigenvalue weighted by Gasteiger charge is -2.08. The zero-order valence-electron chi connectivity index (χ0n) is 13.1. The molecule has 0 bridgehead atoms. The number of H-pyrrole nitrogens is 1. The van der Waals surface area contributed by atoms with Crippen LogP contribution < -0.4 is 10.9 Å². The summed E-state index contributed by atoms with van der Waals surface area (Å²) in [6.45, 7) is 4.47. The summed E-state index contributed by atoms with van der Waals surface area (Å²) >= 11 is 1.41. The van der Waals surface area contributed by atoms with E-state index >= 15 is 0 Å². The topological polar surface area (TPSA) is 62.0 Å². The Hall–Kier alpha value is -2.40. The molecule has 0 aliphatic heterocycles. The Balaban J connectivity index is 1.76. The van der Waals surface area contributed by atoms with E-state index in [1.807, 2.05) is 31.4 Å². The lowest BCUT2D eigenvalue weighted by atomic mass is 10.0. The standard InChI is InChI=1S/C18H18N2O2S/c1-11-8-12(2)16-14(9-11)10-13(17(21)20-16)5-6-19-18(22)15-4-3-7-23-15/h3-4,7-10H,5-6H2,1-2H3,(H,19,22)(H,20,21). The third-order valence-electron chi connectivity index (χ3n) is 3.80. The maximum atomic E-state index is 12.2. The van der Waals surface area contributed by atoms with E-state index in [4.69, 9.17) is 0 Å². The van der Waals surface area contributed by atoms with Crippen LogP contribution in [0.15, 0.2) is 40.5 Å². The summed E-state index contributed by atoms with van der Waals surface area (Å²) in [6.07, 6.45) is 0.509. The fourth-order valence-electron chi connectivity index (χ4n) is 2.72. The Morgan fingerprint density at radius 3 is 2.83 bits per heavy atom. The maximum absolute atomic E-state index is 12.2. The highest BCUT2D eigenvalue weighted by atomic mass is 32.1. The van der Waals surface area contributed by atoms with Gasteiger partial charge in [0.2, 0.25) is 0 Å². The summed E-state index contributed by atoms with van der Waals surface area (Å²) in [4.78, 5) is 27.7. The van der Waals surface area contributed by atoms with Crippen LogP contribution in [0.25, 0.3) is 10.9 Å². The Labute approximate surface area is 138 Å². The lowest BCUT2D eigenvalue weighted by Crippen LogP contribution is -2.26. The Kier molecular flexibility index (Phi) is 4.30. The molecule has 3 rings (SSSR count). The van der Waals surface area contributed by atoms with Crippen LogP contribution in [0.2, 0.25) is 0 Å². The first kappa shape index (κ1) is 15.5. The molecule has 1 amide bonds. The molecular formula is C18H18N2O2S. The first-order valence-corrected chi connectivity index (χ1v) is 8.37. The van der Waals surface area contributed by atoms with Gasteiger partial charge in [-0.05, 0) is 54.8 Å². The number of fused-ring (bicyclic) bond motifs is 1. The van der Waals surface area contributed by atoms with Gasteiger partial charge in [-0.15, -0.1) is 11.3 Å². The number of carbonyl (C=O) groups is 1. The number of rotatable bonds is 4. The van der Waals surface area contributed by atoms with Gasteiger partial charge in [0, 0.05) is 12.1 Å². The van der Waals surface area contributed by atoms with Crippen molar-refractivity contribution in [2.24, 2.45) is 0 Å². The molecule has 0 saturated heterocycles. The monoisotopic (exact) mass is 326 g/mol. The van der Waals surface area contributed by atoms with Crippen LogP contribution in [0.1, 0.15) is 26.4 Å². The highest BCUT2D eigenvalue weighted by molar-refractivity contribution is 7.12. The largest absolute Gasteiger partial charge is 0.351 e. The molecular weight excluding hydrogens is 308 g/mol. The average Bonchev–Trinajstić information content (AvgIpc) is 3.03. The SMILES string of the molecule is Cc1cc(C)c2[nH]c(=O)c(CCNC(=O)c3cccs3)cc2c1. The quantitative estimate of drug-likeness (QED) is 0.773. The van der Waals surface area contributed by atoms with Gasteiger partial charge in [0.25, 0.3) is 11.5 Å². The van der Waals surface area contributed by atoms with E-state index in [1.165, 1.54) is 16.9 Å². The van der Waals surface area contributed by atoms with E-state index < -0.39 is 0 Å². The van der Waals surface area contributed by atoms with Crippen molar-refractivity contribution in [1.29, 1.82) is 0 Å². The third-order valence-corrected chi connectivity index (χ3v) is 4.66. The summed E-state index contributed by atoms with van der Waals surface area (Å²) in [5.74, 6) is -0.0936. The number of aromatic amines is 1. The summed E-state index contributed by atoms with van der Waals surface area (Å²) in [7, 11) is 0. The molecule has 3 aromatic rings. The molecule has 0 aliphatic carbocycles. The predicted molar refractivity (Wildman–Crippen MR) is 94.4 cm³/mol. The van der Waals surface area contributed by atoms with Crippen LogP contribution in [0.3, 0.4) is 0 Å². The first-order chi connectivity index (χ1) is 11.0. The number of aromatic nitrogens is 1. The highest BCUT2D eigenvalue weighted by Crippen LogP contribution is 2.18. The number of aryl methyl sites for hydroxylation is 2. The molecule has 2 N–H and O–H groups in total. The molecule has 0 saturated carbocycles. The van der Waals surface area contributed by atoms with Crippen LogP contribution in [0, 0.1) is 13.8 Å². The lowest BCUT2D eigenvalue weighted by molar-refractivity contribution is 0.0958.